The van der Waals surface area contributed by atoms with Crippen molar-refractivity contribution in [3.63, 3.8) is 0 Å². The summed E-state index contributed by atoms with van der Waals surface area (Å²) in [4.78, 5) is 17.7. The lowest BCUT2D eigenvalue weighted by Crippen LogP contribution is -2.50. The lowest BCUT2D eigenvalue weighted by atomic mass is 9.62. The molecular formula is C12H16N2O3. The average Bonchev–Trinajstić information content (AvgIpc) is 2.71. The van der Waals surface area contributed by atoms with Gasteiger partial charge in [0.1, 0.15) is 5.71 Å². The maximum atomic E-state index is 11.2. The number of hydrogen-bond donors (Lipinski definition) is 1. The molecule has 1 fully saturated rings. The lowest BCUT2D eigenvalue weighted by molar-refractivity contribution is -0.0678. The first kappa shape index (κ1) is 11.8. The van der Waals surface area contributed by atoms with Crippen LogP contribution in [0.1, 0.15) is 27.2 Å². The van der Waals surface area contributed by atoms with Gasteiger partial charge in [0.2, 0.25) is 6.23 Å². The van der Waals surface area contributed by atoms with Gasteiger partial charge in [-0.25, -0.2) is 4.79 Å². The van der Waals surface area contributed by atoms with Crippen molar-refractivity contribution in [2.75, 3.05) is 6.54 Å². The van der Waals surface area contributed by atoms with Gasteiger partial charge in [0.15, 0.2) is 0 Å². The summed E-state index contributed by atoms with van der Waals surface area (Å²) < 4.78 is 0. The number of nitrogens with zero attached hydrogens (tertiary/aromatic N) is 2. The van der Waals surface area contributed by atoms with Crippen LogP contribution in [0.4, 0.5) is 4.79 Å². The molecule has 0 aromatic rings. The fourth-order valence-electron chi connectivity index (χ4n) is 2.82. The van der Waals surface area contributed by atoms with Gasteiger partial charge >= 0.3 is 6.09 Å². The quantitative estimate of drug-likeness (QED) is 0.652. The highest BCUT2D eigenvalue weighted by Gasteiger charge is 2.63. The van der Waals surface area contributed by atoms with Gasteiger partial charge in [0.25, 0.3) is 0 Å². The van der Waals surface area contributed by atoms with E-state index in [2.05, 4.69) is 11.1 Å². The molecule has 0 aliphatic carbocycles. The van der Waals surface area contributed by atoms with Gasteiger partial charge in [-0.3, -0.25) is 4.90 Å². The highest BCUT2D eigenvalue weighted by Crippen LogP contribution is 2.54. The van der Waals surface area contributed by atoms with Crippen molar-refractivity contribution in [1.82, 2.24) is 4.90 Å². The van der Waals surface area contributed by atoms with Crippen LogP contribution in [0.15, 0.2) is 5.16 Å². The van der Waals surface area contributed by atoms with E-state index in [0.717, 1.165) is 0 Å². The van der Waals surface area contributed by atoms with Crippen LogP contribution in [0.2, 0.25) is 0 Å². The molecule has 1 amide bonds. The van der Waals surface area contributed by atoms with Crippen LogP contribution < -0.4 is 0 Å². The third-order valence-corrected chi connectivity index (χ3v) is 3.84. The Morgan fingerprint density at radius 3 is 2.82 bits per heavy atom. The predicted octanol–water partition coefficient (Wildman–Crippen LogP) is 1.75. The first-order valence-corrected chi connectivity index (χ1v) is 5.55. The first-order chi connectivity index (χ1) is 7.84. The highest BCUT2D eigenvalue weighted by atomic mass is 16.7. The van der Waals surface area contributed by atoms with Gasteiger partial charge < -0.3 is 9.94 Å². The number of carbonyl (C=O) groups is 1. The Kier molecular flexibility index (Phi) is 2.35. The Labute approximate surface area is 100 Å². The van der Waals surface area contributed by atoms with E-state index >= 15 is 0 Å². The number of carboxylic acid groups (broad SMARTS) is 1. The Morgan fingerprint density at radius 1 is 1.71 bits per heavy atom. The average molecular weight is 236 g/mol. The standard InChI is InChI=1S/C12H16N2O3/c1-5-8-12(11(2,3)4)6-7-14(10(15)16)9(12)17-13-8/h1,9H,6-7H2,2-4H3,(H,15,16). The molecule has 0 spiro atoms. The predicted molar refractivity (Wildman–Crippen MR) is 62.4 cm³/mol. The van der Waals surface area contributed by atoms with E-state index in [1.165, 1.54) is 4.90 Å². The summed E-state index contributed by atoms with van der Waals surface area (Å²) in [5, 5.41) is 13.0. The molecular weight excluding hydrogens is 220 g/mol. The molecule has 2 unspecified atom stereocenters. The monoisotopic (exact) mass is 236 g/mol. The van der Waals surface area contributed by atoms with Crippen LogP contribution in [0, 0.1) is 23.2 Å². The summed E-state index contributed by atoms with van der Waals surface area (Å²) in [6.07, 6.45) is 4.53. The third-order valence-electron chi connectivity index (χ3n) is 3.84. The number of likely N-dealkylation sites (tertiary alicyclic amines) is 1. The molecule has 2 atom stereocenters. The largest absolute Gasteiger partial charge is 0.465 e. The molecule has 5 nitrogen and oxygen atoms in total. The van der Waals surface area contributed by atoms with Crippen molar-refractivity contribution in [3.8, 4) is 12.3 Å². The fourth-order valence-corrected chi connectivity index (χ4v) is 2.82. The van der Waals surface area contributed by atoms with E-state index in [1.54, 1.807) is 0 Å². The van der Waals surface area contributed by atoms with Gasteiger partial charge in [-0.1, -0.05) is 31.8 Å². The highest BCUT2D eigenvalue weighted by molar-refractivity contribution is 6.06. The van der Waals surface area contributed by atoms with Crippen molar-refractivity contribution in [2.45, 2.75) is 33.4 Å². The van der Waals surface area contributed by atoms with E-state index in [4.69, 9.17) is 16.4 Å². The second-order valence-corrected chi connectivity index (χ2v) is 5.49. The summed E-state index contributed by atoms with van der Waals surface area (Å²) >= 11 is 0. The molecule has 1 N–H and O–H groups in total. The maximum absolute atomic E-state index is 11.2. The normalized spacial score (nSPS) is 31.5. The van der Waals surface area contributed by atoms with Crippen molar-refractivity contribution in [3.05, 3.63) is 0 Å². The topological polar surface area (TPSA) is 62.1 Å². The molecule has 0 saturated carbocycles. The molecule has 0 aromatic heterocycles. The molecule has 92 valence electrons. The molecule has 0 bridgehead atoms. The molecule has 5 heteroatoms. The smallest absolute Gasteiger partial charge is 0.410 e. The summed E-state index contributed by atoms with van der Waals surface area (Å²) in [5.41, 5.74) is -0.178. The van der Waals surface area contributed by atoms with Gasteiger partial charge in [-0.15, -0.1) is 6.42 Å². The van der Waals surface area contributed by atoms with Gasteiger partial charge in [-0.05, 0) is 11.8 Å². The Balaban J connectivity index is 2.48. The minimum absolute atomic E-state index is 0.205. The number of terminal acetylenes is 1. The van der Waals surface area contributed by atoms with Crippen LogP contribution >= 0.6 is 0 Å². The number of fused-ring (bicyclic) bond motifs is 1. The Bertz CT molecular complexity index is 430. The first-order valence-electron chi connectivity index (χ1n) is 5.55. The minimum Gasteiger partial charge on any atom is -0.465 e. The number of amides is 1. The summed E-state index contributed by atoms with van der Waals surface area (Å²) in [7, 11) is 0. The zero-order valence-electron chi connectivity index (χ0n) is 10.2. The zero-order chi connectivity index (χ0) is 12.8. The summed E-state index contributed by atoms with van der Waals surface area (Å²) in [6, 6.07) is 0. The van der Waals surface area contributed by atoms with Crippen molar-refractivity contribution >= 4 is 11.8 Å². The molecule has 2 aliphatic heterocycles. The Hall–Kier alpha value is -1.70. The molecule has 1 saturated heterocycles. The second kappa shape index (κ2) is 3.39. The van der Waals surface area contributed by atoms with Gasteiger partial charge in [0, 0.05) is 6.54 Å². The van der Waals surface area contributed by atoms with Crippen LogP contribution in [-0.4, -0.2) is 34.6 Å². The summed E-state index contributed by atoms with van der Waals surface area (Å²) in [6.45, 7) is 6.53. The van der Waals surface area contributed by atoms with Crippen molar-refractivity contribution < 1.29 is 14.7 Å². The van der Waals surface area contributed by atoms with Gasteiger partial charge in [0.05, 0.1) is 5.41 Å². The molecule has 17 heavy (non-hydrogen) atoms. The van der Waals surface area contributed by atoms with Crippen molar-refractivity contribution in [1.29, 1.82) is 0 Å². The summed E-state index contributed by atoms with van der Waals surface area (Å²) in [5.74, 6) is 2.55. The number of hydrogen-bond acceptors (Lipinski definition) is 3. The van der Waals surface area contributed by atoms with Crippen LogP contribution in [0.5, 0.6) is 0 Å². The van der Waals surface area contributed by atoms with E-state index in [-0.39, 0.29) is 5.41 Å². The molecule has 2 rings (SSSR count). The molecule has 2 heterocycles. The van der Waals surface area contributed by atoms with E-state index in [0.29, 0.717) is 18.7 Å². The molecule has 0 radical (unpaired) electrons. The van der Waals surface area contributed by atoms with E-state index in [9.17, 15) is 4.79 Å². The zero-order valence-corrected chi connectivity index (χ0v) is 10.2. The number of rotatable bonds is 0. The van der Waals surface area contributed by atoms with Crippen molar-refractivity contribution in [2.24, 2.45) is 16.0 Å². The Morgan fingerprint density at radius 2 is 2.35 bits per heavy atom. The third kappa shape index (κ3) is 1.33. The van der Waals surface area contributed by atoms with Crippen LogP contribution in [0.25, 0.3) is 0 Å². The maximum Gasteiger partial charge on any atom is 0.410 e. The number of oxime groups is 1. The second-order valence-electron chi connectivity index (χ2n) is 5.49. The van der Waals surface area contributed by atoms with Gasteiger partial charge in [-0.2, -0.15) is 0 Å². The SMILES string of the molecule is C#CC1=NOC2N(C(=O)O)CCC12C(C)(C)C. The minimum atomic E-state index is -0.991. The molecule has 2 aliphatic rings. The van der Waals surface area contributed by atoms with Crippen LogP contribution in [0.3, 0.4) is 0 Å². The van der Waals surface area contributed by atoms with Crippen LogP contribution in [-0.2, 0) is 4.84 Å². The van der Waals surface area contributed by atoms with E-state index in [1.807, 2.05) is 20.8 Å². The fraction of sp³-hybridized carbons (Fsp3) is 0.667. The van der Waals surface area contributed by atoms with E-state index < -0.39 is 17.7 Å². The molecule has 0 aromatic carbocycles. The lowest BCUT2D eigenvalue weighted by Gasteiger charge is -2.39.